The number of nitrogens with one attached hydrogen (secondary N) is 1. The molecule has 6 nitrogen and oxygen atoms in total. The molecule has 0 unspecified atom stereocenters. The van der Waals surface area contributed by atoms with Crippen LogP contribution in [-0.2, 0) is 0 Å². The number of anilines is 2. The molecule has 0 amide bonds. The van der Waals surface area contributed by atoms with E-state index < -0.39 is 0 Å². The standard InChI is InChI=1S/C25H40N6/c1-8-11-24(19(4)26-6)20(5)29-30(7)23-12-13-25(27-18-23)31-16-14-22(15-17-31)28-21(9-2)10-3/h8,11-13,18,21-22,28H,1,9-10,14-17H2,2-7H3/b24-11+,26-19?,29-20+. The zero-order valence-corrected chi connectivity index (χ0v) is 20.2. The van der Waals surface area contributed by atoms with E-state index in [2.05, 4.69) is 47.8 Å². The molecule has 1 aromatic heterocycles. The molecular weight excluding hydrogens is 384 g/mol. The van der Waals surface area contributed by atoms with Crippen LogP contribution in [0.1, 0.15) is 53.4 Å². The number of hydrogen-bond donors (Lipinski definition) is 1. The molecular formula is C25H40N6. The summed E-state index contributed by atoms with van der Waals surface area (Å²) in [7, 11) is 3.73. The summed E-state index contributed by atoms with van der Waals surface area (Å²) >= 11 is 0. The fourth-order valence-electron chi connectivity index (χ4n) is 3.97. The molecule has 170 valence electrons. The summed E-state index contributed by atoms with van der Waals surface area (Å²) in [6.45, 7) is 14.4. The average Bonchev–Trinajstić information content (AvgIpc) is 2.80. The number of aliphatic imine (C=N–C) groups is 1. The van der Waals surface area contributed by atoms with Crippen molar-refractivity contribution in [3.8, 4) is 0 Å². The van der Waals surface area contributed by atoms with E-state index >= 15 is 0 Å². The molecule has 0 spiro atoms. The topological polar surface area (TPSA) is 56.1 Å². The number of allylic oxidation sites excluding steroid dienone is 3. The van der Waals surface area contributed by atoms with E-state index in [4.69, 9.17) is 10.1 Å². The second kappa shape index (κ2) is 12.4. The summed E-state index contributed by atoms with van der Waals surface area (Å²) in [5.74, 6) is 1.04. The van der Waals surface area contributed by atoms with Crippen molar-refractivity contribution in [1.82, 2.24) is 10.3 Å². The molecule has 1 fully saturated rings. The second-order valence-electron chi connectivity index (χ2n) is 8.15. The summed E-state index contributed by atoms with van der Waals surface area (Å²) in [6.07, 6.45) is 10.3. The smallest absolute Gasteiger partial charge is 0.128 e. The highest BCUT2D eigenvalue weighted by atomic mass is 15.4. The zero-order valence-electron chi connectivity index (χ0n) is 20.2. The Morgan fingerprint density at radius 3 is 2.45 bits per heavy atom. The van der Waals surface area contributed by atoms with Crippen molar-refractivity contribution in [3.63, 3.8) is 0 Å². The Bertz CT molecular complexity index is 781. The highest BCUT2D eigenvalue weighted by Crippen LogP contribution is 2.21. The van der Waals surface area contributed by atoms with Gasteiger partial charge in [-0.25, -0.2) is 4.98 Å². The summed E-state index contributed by atoms with van der Waals surface area (Å²) < 4.78 is 0. The maximum atomic E-state index is 4.72. The lowest BCUT2D eigenvalue weighted by Crippen LogP contribution is -2.46. The third-order valence-corrected chi connectivity index (χ3v) is 6.08. The number of hydrazone groups is 1. The van der Waals surface area contributed by atoms with Gasteiger partial charge in [0.2, 0.25) is 0 Å². The van der Waals surface area contributed by atoms with E-state index in [-0.39, 0.29) is 0 Å². The van der Waals surface area contributed by atoms with E-state index in [1.807, 2.05) is 38.2 Å². The van der Waals surface area contributed by atoms with Gasteiger partial charge in [-0.2, -0.15) is 5.10 Å². The first-order valence-corrected chi connectivity index (χ1v) is 11.5. The van der Waals surface area contributed by atoms with Crippen LogP contribution in [0.25, 0.3) is 0 Å². The summed E-state index contributed by atoms with van der Waals surface area (Å²) in [5, 5.41) is 10.4. The van der Waals surface area contributed by atoms with Crippen LogP contribution >= 0.6 is 0 Å². The van der Waals surface area contributed by atoms with Crippen LogP contribution in [0.3, 0.4) is 0 Å². The van der Waals surface area contributed by atoms with Gasteiger partial charge in [-0.15, -0.1) is 0 Å². The maximum Gasteiger partial charge on any atom is 0.128 e. The molecule has 1 N–H and O–H groups in total. The fourth-order valence-corrected chi connectivity index (χ4v) is 3.97. The molecule has 1 saturated heterocycles. The number of pyridine rings is 1. The number of aromatic nitrogens is 1. The first-order chi connectivity index (χ1) is 14.9. The van der Waals surface area contributed by atoms with E-state index in [0.717, 1.165) is 41.6 Å². The van der Waals surface area contributed by atoms with Crippen LogP contribution in [-0.4, -0.2) is 55.7 Å². The number of nitrogens with zero attached hydrogens (tertiary/aromatic N) is 5. The number of hydrogen-bond acceptors (Lipinski definition) is 6. The molecule has 0 aliphatic carbocycles. The average molecular weight is 425 g/mol. The third kappa shape index (κ3) is 7.03. The minimum atomic E-state index is 0.622. The molecule has 0 saturated carbocycles. The van der Waals surface area contributed by atoms with Crippen molar-refractivity contribution >= 4 is 22.9 Å². The number of rotatable bonds is 10. The van der Waals surface area contributed by atoms with Crippen molar-refractivity contribution in [2.24, 2.45) is 10.1 Å². The van der Waals surface area contributed by atoms with Gasteiger partial charge in [-0.1, -0.05) is 32.6 Å². The molecule has 1 aliphatic heterocycles. The first kappa shape index (κ1) is 24.8. The van der Waals surface area contributed by atoms with Gasteiger partial charge in [0.15, 0.2) is 0 Å². The Morgan fingerprint density at radius 1 is 1.26 bits per heavy atom. The van der Waals surface area contributed by atoms with Crippen LogP contribution in [0.15, 0.2) is 52.7 Å². The molecule has 0 bridgehead atoms. The Hall–Kier alpha value is -2.47. The summed E-state index contributed by atoms with van der Waals surface area (Å²) in [5.41, 5.74) is 3.77. The van der Waals surface area contributed by atoms with Gasteiger partial charge >= 0.3 is 0 Å². The molecule has 0 aromatic carbocycles. The minimum absolute atomic E-state index is 0.622. The van der Waals surface area contributed by atoms with Gasteiger partial charge in [0, 0.05) is 50.6 Å². The van der Waals surface area contributed by atoms with Crippen molar-refractivity contribution in [2.75, 3.05) is 37.1 Å². The summed E-state index contributed by atoms with van der Waals surface area (Å²) in [6, 6.07) is 5.45. The highest BCUT2D eigenvalue weighted by Gasteiger charge is 2.21. The van der Waals surface area contributed by atoms with Gasteiger partial charge in [0.05, 0.1) is 17.6 Å². The molecule has 2 heterocycles. The summed E-state index contributed by atoms with van der Waals surface area (Å²) in [4.78, 5) is 11.4. The van der Waals surface area contributed by atoms with Gasteiger partial charge in [0.1, 0.15) is 5.82 Å². The highest BCUT2D eigenvalue weighted by molar-refractivity contribution is 6.23. The van der Waals surface area contributed by atoms with Crippen molar-refractivity contribution in [3.05, 3.63) is 42.6 Å². The third-order valence-electron chi connectivity index (χ3n) is 6.08. The second-order valence-corrected chi connectivity index (χ2v) is 8.15. The lowest BCUT2D eigenvalue weighted by Gasteiger charge is -2.35. The van der Waals surface area contributed by atoms with Crippen molar-refractivity contribution < 1.29 is 0 Å². The Labute approximate surface area is 188 Å². The van der Waals surface area contributed by atoms with Crippen molar-refractivity contribution in [2.45, 2.75) is 65.5 Å². The van der Waals surface area contributed by atoms with Crippen LogP contribution in [0, 0.1) is 0 Å². The predicted octanol–water partition coefficient (Wildman–Crippen LogP) is 4.84. The fraction of sp³-hybridized carbons (Fsp3) is 0.560. The number of piperidine rings is 1. The normalized spacial score (nSPS) is 16.7. The van der Waals surface area contributed by atoms with Crippen LogP contribution < -0.4 is 15.2 Å². The Morgan fingerprint density at radius 2 is 1.94 bits per heavy atom. The SMILES string of the molecule is C=C/C=C(C(C)=NC)/C(C)=N/N(C)c1ccc(N2CCC(NC(CC)CC)CC2)nc1. The first-order valence-electron chi connectivity index (χ1n) is 11.5. The molecule has 1 aromatic rings. The van der Waals surface area contributed by atoms with E-state index in [1.165, 1.54) is 25.7 Å². The molecule has 6 heteroatoms. The minimum Gasteiger partial charge on any atom is -0.357 e. The lowest BCUT2D eigenvalue weighted by molar-refractivity contribution is 0.353. The largest absolute Gasteiger partial charge is 0.357 e. The molecule has 31 heavy (non-hydrogen) atoms. The van der Waals surface area contributed by atoms with E-state index in [1.54, 1.807) is 13.1 Å². The Kier molecular flexibility index (Phi) is 9.92. The van der Waals surface area contributed by atoms with Gasteiger partial charge < -0.3 is 10.2 Å². The van der Waals surface area contributed by atoms with Crippen molar-refractivity contribution in [1.29, 1.82) is 0 Å². The zero-order chi connectivity index (χ0) is 22.8. The Balaban J connectivity index is 2.00. The van der Waals surface area contributed by atoms with E-state index in [0.29, 0.717) is 12.1 Å². The van der Waals surface area contributed by atoms with Crippen LogP contribution in [0.4, 0.5) is 11.5 Å². The van der Waals surface area contributed by atoms with Gasteiger partial charge in [-0.05, 0) is 51.7 Å². The molecule has 2 rings (SSSR count). The molecule has 1 aliphatic rings. The predicted molar refractivity (Wildman–Crippen MR) is 136 cm³/mol. The monoisotopic (exact) mass is 424 g/mol. The van der Waals surface area contributed by atoms with Gasteiger partial charge in [-0.3, -0.25) is 10.0 Å². The molecule has 0 atom stereocenters. The van der Waals surface area contributed by atoms with E-state index in [9.17, 15) is 0 Å². The molecule has 0 radical (unpaired) electrons. The lowest BCUT2D eigenvalue weighted by atomic mass is 10.0. The quantitative estimate of drug-likeness (QED) is 0.332. The maximum absolute atomic E-state index is 4.72. The van der Waals surface area contributed by atoms with Crippen LogP contribution in [0.5, 0.6) is 0 Å². The van der Waals surface area contributed by atoms with Crippen LogP contribution in [0.2, 0.25) is 0 Å². The van der Waals surface area contributed by atoms with Gasteiger partial charge in [0.25, 0.3) is 0 Å².